The number of hydrogen-bond acceptors (Lipinski definition) is 3. The van der Waals surface area contributed by atoms with E-state index in [0.717, 1.165) is 22.3 Å². The van der Waals surface area contributed by atoms with Crippen molar-refractivity contribution in [2.75, 3.05) is 0 Å². The van der Waals surface area contributed by atoms with Gasteiger partial charge in [0.25, 0.3) is 0 Å². The maximum Gasteiger partial charge on any atom is 0.408 e. The summed E-state index contributed by atoms with van der Waals surface area (Å²) >= 11 is 0. The first-order valence-corrected chi connectivity index (χ1v) is 10.1. The van der Waals surface area contributed by atoms with Crippen LogP contribution in [0.2, 0.25) is 0 Å². The number of hydrogen-bond donors (Lipinski definition) is 2. The second kappa shape index (κ2) is 7.59. The average molecular weight is 432 g/mol. The molecule has 3 unspecified atom stereocenters. The molecule has 2 heterocycles. The number of nitrogens with one attached hydrogen (secondary N) is 2. The lowest BCUT2D eigenvalue weighted by molar-refractivity contribution is -0.180. The van der Waals surface area contributed by atoms with E-state index in [0.29, 0.717) is 11.5 Å². The Hall–Kier alpha value is -3.03. The Morgan fingerprint density at radius 3 is 2.13 bits per heavy atom. The molecule has 1 fully saturated rings. The van der Waals surface area contributed by atoms with E-state index in [2.05, 4.69) is 5.32 Å². The minimum absolute atomic E-state index is 0.174. The smallest absolute Gasteiger partial charge is 0.408 e. The number of carbonyl (C=O) groups excluding carboxylic acids is 2. The van der Waals surface area contributed by atoms with Crippen molar-refractivity contribution >= 4 is 11.8 Å². The minimum Gasteiger partial charge on any atom is -0.457 e. The fourth-order valence-electron chi connectivity index (χ4n) is 4.26. The van der Waals surface area contributed by atoms with Crippen LogP contribution in [0.3, 0.4) is 0 Å². The number of carbonyl (C=O) groups is 2. The summed E-state index contributed by atoms with van der Waals surface area (Å²) in [6.07, 6.45) is -4.72. The molecular weight excluding hydrogens is 409 g/mol. The average Bonchev–Trinajstić information content (AvgIpc) is 2.67. The number of halogens is 3. The summed E-state index contributed by atoms with van der Waals surface area (Å²) in [6, 6.07) is 8.69. The molecule has 0 radical (unpaired) electrons. The van der Waals surface area contributed by atoms with Crippen molar-refractivity contribution in [3.05, 3.63) is 58.7 Å². The lowest BCUT2D eigenvalue weighted by atomic mass is 9.84. The van der Waals surface area contributed by atoms with Crippen molar-refractivity contribution in [1.29, 1.82) is 0 Å². The van der Waals surface area contributed by atoms with Crippen LogP contribution < -0.4 is 15.4 Å². The normalized spacial score (nSPS) is 23.3. The number of rotatable bonds is 2. The minimum atomic E-state index is -4.55. The Morgan fingerprint density at radius 1 is 1.06 bits per heavy atom. The highest BCUT2D eigenvalue weighted by molar-refractivity contribution is 6.01. The summed E-state index contributed by atoms with van der Waals surface area (Å²) in [6.45, 7) is 5.24. The highest BCUT2D eigenvalue weighted by Gasteiger charge is 2.50. The summed E-state index contributed by atoms with van der Waals surface area (Å²) in [7, 11) is 0. The summed E-state index contributed by atoms with van der Waals surface area (Å²) in [5, 5.41) is 4.86. The van der Waals surface area contributed by atoms with Crippen LogP contribution in [0.4, 0.5) is 13.2 Å². The largest absolute Gasteiger partial charge is 0.457 e. The van der Waals surface area contributed by atoms with Crippen molar-refractivity contribution in [2.45, 2.75) is 45.5 Å². The number of ether oxygens (including phenoxy) is 1. The van der Waals surface area contributed by atoms with Gasteiger partial charge in [-0.2, -0.15) is 13.2 Å². The number of benzene rings is 2. The molecule has 0 bridgehead atoms. The van der Waals surface area contributed by atoms with E-state index in [1.807, 2.05) is 55.6 Å². The van der Waals surface area contributed by atoms with Gasteiger partial charge in [-0.25, -0.2) is 0 Å². The second-order valence-electron chi connectivity index (χ2n) is 8.42. The molecule has 0 aromatic heterocycles. The third-order valence-corrected chi connectivity index (χ3v) is 5.93. The third-order valence-electron chi connectivity index (χ3n) is 5.93. The standard InChI is InChI=1S/C23H23F3N2O3/c1-11-4-6-14-17(8-11)31-18-9-12(2)5-7-15(18)19(14)27-21(29)16-10-13(3)20(23(24,25)26)28-22(16)30/h4-9,13,16,19-20H,10H2,1-3H3,(H,27,29)(H,28,30). The van der Waals surface area contributed by atoms with Crippen LogP contribution in [-0.2, 0) is 9.59 Å². The number of aryl methyl sites for hydroxylation is 2. The van der Waals surface area contributed by atoms with Crippen LogP contribution in [0.25, 0.3) is 0 Å². The number of alkyl halides is 3. The van der Waals surface area contributed by atoms with Crippen LogP contribution in [0, 0.1) is 25.7 Å². The first-order valence-electron chi connectivity index (χ1n) is 10.1. The number of piperidine rings is 1. The van der Waals surface area contributed by atoms with E-state index in [1.54, 1.807) is 0 Å². The lowest BCUT2D eigenvalue weighted by Gasteiger charge is -2.36. The van der Waals surface area contributed by atoms with Crippen LogP contribution in [0.15, 0.2) is 36.4 Å². The van der Waals surface area contributed by atoms with Gasteiger partial charge < -0.3 is 15.4 Å². The summed E-state index contributed by atoms with van der Waals surface area (Å²) in [4.78, 5) is 25.4. The summed E-state index contributed by atoms with van der Waals surface area (Å²) in [5.41, 5.74) is 3.43. The van der Waals surface area contributed by atoms with Gasteiger partial charge in [0.15, 0.2) is 0 Å². The molecule has 5 nitrogen and oxygen atoms in total. The zero-order chi connectivity index (χ0) is 22.5. The first-order chi connectivity index (χ1) is 14.5. The SMILES string of the molecule is Cc1ccc2c(c1)Oc1cc(C)ccc1C2NC(=O)C1CC(C)C(C(F)(F)F)NC1=O. The number of fused-ring (bicyclic) bond motifs is 2. The van der Waals surface area contributed by atoms with E-state index in [4.69, 9.17) is 4.74 Å². The van der Waals surface area contributed by atoms with Gasteiger partial charge in [-0.3, -0.25) is 9.59 Å². The van der Waals surface area contributed by atoms with Gasteiger partial charge in [-0.05, 0) is 49.4 Å². The molecule has 2 aromatic carbocycles. The molecule has 1 saturated heterocycles. The Bertz CT molecular complexity index is 999. The molecule has 2 aliphatic rings. The van der Waals surface area contributed by atoms with E-state index >= 15 is 0 Å². The summed E-state index contributed by atoms with van der Waals surface area (Å²) < 4.78 is 45.4. The van der Waals surface area contributed by atoms with Gasteiger partial charge in [-0.1, -0.05) is 31.2 Å². The molecule has 0 spiro atoms. The van der Waals surface area contributed by atoms with E-state index in [9.17, 15) is 22.8 Å². The molecule has 31 heavy (non-hydrogen) atoms. The predicted molar refractivity (Wildman–Crippen MR) is 108 cm³/mol. The van der Waals surface area contributed by atoms with Crippen LogP contribution in [0.1, 0.15) is 41.6 Å². The topological polar surface area (TPSA) is 67.4 Å². The maximum absolute atomic E-state index is 13.1. The van der Waals surface area contributed by atoms with E-state index in [-0.39, 0.29) is 6.42 Å². The van der Waals surface area contributed by atoms with Crippen molar-refractivity contribution in [1.82, 2.24) is 10.6 Å². The lowest BCUT2D eigenvalue weighted by Crippen LogP contribution is -2.58. The molecule has 2 aromatic rings. The Kier molecular flexibility index (Phi) is 5.19. The van der Waals surface area contributed by atoms with Gasteiger partial charge in [-0.15, -0.1) is 0 Å². The highest BCUT2D eigenvalue weighted by atomic mass is 19.4. The van der Waals surface area contributed by atoms with E-state index in [1.165, 1.54) is 6.92 Å². The van der Waals surface area contributed by atoms with Crippen molar-refractivity contribution in [3.63, 3.8) is 0 Å². The Balaban J connectivity index is 1.62. The zero-order valence-corrected chi connectivity index (χ0v) is 17.3. The van der Waals surface area contributed by atoms with Crippen LogP contribution >= 0.6 is 0 Å². The van der Waals surface area contributed by atoms with Crippen LogP contribution in [-0.4, -0.2) is 24.0 Å². The molecule has 8 heteroatoms. The van der Waals surface area contributed by atoms with Gasteiger partial charge in [0.05, 0.1) is 6.04 Å². The Morgan fingerprint density at radius 2 is 1.61 bits per heavy atom. The van der Waals surface area contributed by atoms with Gasteiger partial charge in [0.2, 0.25) is 11.8 Å². The maximum atomic E-state index is 13.1. The van der Waals surface area contributed by atoms with Gasteiger partial charge in [0, 0.05) is 11.1 Å². The van der Waals surface area contributed by atoms with Crippen molar-refractivity contribution in [3.8, 4) is 11.5 Å². The summed E-state index contributed by atoms with van der Waals surface area (Å²) in [5.74, 6) is -2.41. The molecule has 2 amide bonds. The molecule has 2 aliphatic heterocycles. The first kappa shape index (κ1) is 21.2. The molecule has 0 aliphatic carbocycles. The molecule has 4 rings (SSSR count). The highest BCUT2D eigenvalue weighted by Crippen LogP contribution is 2.44. The van der Waals surface area contributed by atoms with E-state index < -0.39 is 41.9 Å². The second-order valence-corrected chi connectivity index (χ2v) is 8.42. The molecule has 3 atom stereocenters. The van der Waals surface area contributed by atoms with Crippen molar-refractivity contribution in [2.24, 2.45) is 11.8 Å². The third kappa shape index (κ3) is 3.98. The van der Waals surface area contributed by atoms with Crippen LogP contribution in [0.5, 0.6) is 11.5 Å². The fourth-order valence-corrected chi connectivity index (χ4v) is 4.26. The quantitative estimate of drug-likeness (QED) is 0.695. The molecule has 164 valence electrons. The molecule has 0 saturated carbocycles. The number of amides is 2. The molecule has 2 N–H and O–H groups in total. The Labute approximate surface area is 178 Å². The zero-order valence-electron chi connectivity index (χ0n) is 17.3. The monoisotopic (exact) mass is 432 g/mol. The van der Waals surface area contributed by atoms with Gasteiger partial charge in [0.1, 0.15) is 23.5 Å². The van der Waals surface area contributed by atoms with Crippen molar-refractivity contribution < 1.29 is 27.5 Å². The van der Waals surface area contributed by atoms with Gasteiger partial charge >= 0.3 is 6.18 Å². The molecular formula is C23H23F3N2O3. The predicted octanol–water partition coefficient (Wildman–Crippen LogP) is 4.32. The fraction of sp³-hybridized carbons (Fsp3) is 0.391.